The van der Waals surface area contributed by atoms with Crippen LogP contribution in [0.25, 0.3) is 0 Å². The van der Waals surface area contributed by atoms with Gasteiger partial charge in [0.15, 0.2) is 82.9 Å². The Hall–Kier alpha value is -9.53. The van der Waals surface area contributed by atoms with E-state index >= 15 is 0 Å². The molecule has 3 atom stereocenters. The fraction of sp³-hybridized carbons (Fsp3) is 0.356. The molecule has 1 heterocycles. The van der Waals surface area contributed by atoms with Crippen molar-refractivity contribution in [3.63, 3.8) is 0 Å². The molecule has 0 aliphatic carbocycles. The fourth-order valence-electron chi connectivity index (χ4n) is 10.1. The van der Waals surface area contributed by atoms with Gasteiger partial charge in [0.05, 0.1) is 63.3 Å². The molecule has 120 heavy (non-hydrogen) atoms. The number of esters is 2. The molecular formula is C90H103F6O19S5+. The molecule has 0 bridgehead atoms. The lowest BCUT2D eigenvalue weighted by Crippen LogP contribution is -2.39. The van der Waals surface area contributed by atoms with Gasteiger partial charge in [-0.25, -0.2) is 35.2 Å². The molecule has 9 aromatic carbocycles. The van der Waals surface area contributed by atoms with E-state index in [0.29, 0.717) is 24.3 Å². The Morgan fingerprint density at radius 1 is 0.408 bits per heavy atom. The normalized spacial score (nSPS) is 13.7. The van der Waals surface area contributed by atoms with Crippen LogP contribution in [-0.2, 0) is 90.9 Å². The third kappa shape index (κ3) is 32.5. The zero-order chi connectivity index (χ0) is 88.5. The molecule has 9 aromatic rings. The Bertz CT molecular complexity index is 4610. The van der Waals surface area contributed by atoms with Gasteiger partial charge in [-0.2, -0.15) is 17.6 Å². The highest BCUT2D eigenvalue weighted by Crippen LogP contribution is 2.38. The average molecular weight is 1760 g/mol. The quantitative estimate of drug-likeness (QED) is 0.00802. The maximum atomic E-state index is 13.0. The minimum absolute atomic E-state index is 0.101. The Morgan fingerprint density at radius 2 is 0.692 bits per heavy atom. The summed E-state index contributed by atoms with van der Waals surface area (Å²) in [6.45, 7) is 19.5. The second-order valence-electron chi connectivity index (χ2n) is 29.9. The van der Waals surface area contributed by atoms with Gasteiger partial charge in [0, 0.05) is 19.3 Å². The van der Waals surface area contributed by atoms with Gasteiger partial charge in [0.2, 0.25) is 6.79 Å². The maximum Gasteiger partial charge on any atom is 0.514 e. The highest BCUT2D eigenvalue weighted by Gasteiger charge is 2.48. The first-order valence-corrected chi connectivity index (χ1v) is 44.8. The summed E-state index contributed by atoms with van der Waals surface area (Å²) in [5.74, 6) is 0.552. The van der Waals surface area contributed by atoms with E-state index in [1.807, 2.05) is 93.6 Å². The predicted molar refractivity (Wildman–Crippen MR) is 447 cm³/mol. The molecule has 19 nitrogen and oxygen atoms in total. The van der Waals surface area contributed by atoms with Crippen LogP contribution < -0.4 is 14.2 Å². The van der Waals surface area contributed by atoms with E-state index in [4.69, 9.17) is 33.2 Å². The van der Waals surface area contributed by atoms with Gasteiger partial charge in [0.1, 0.15) is 28.5 Å². The molecule has 0 spiro atoms. The highest BCUT2D eigenvalue weighted by atomic mass is 32.2. The number of benzene rings is 9. The lowest BCUT2D eigenvalue weighted by atomic mass is 9.91. The minimum atomic E-state index is -6.08. The molecule has 3 unspecified atom stereocenters. The molecule has 30 heteroatoms. The fourth-order valence-corrected chi connectivity index (χ4v) is 17.2. The van der Waals surface area contributed by atoms with Crippen LogP contribution in [0.15, 0.2) is 299 Å². The van der Waals surface area contributed by atoms with Crippen molar-refractivity contribution < 1.29 is 114 Å². The minimum Gasteiger partial charge on any atom is -0.743 e. The second-order valence-corrected chi connectivity index (χ2v) is 38.8. The number of carbonyl (C=O) groups is 4. The van der Waals surface area contributed by atoms with E-state index in [2.05, 4.69) is 191 Å². The van der Waals surface area contributed by atoms with Crippen molar-refractivity contribution in [2.75, 3.05) is 26.6 Å². The van der Waals surface area contributed by atoms with Crippen LogP contribution in [0, 0.1) is 10.8 Å². The molecule has 648 valence electrons. The Labute approximate surface area is 708 Å². The van der Waals surface area contributed by atoms with Gasteiger partial charge in [-0.1, -0.05) is 123 Å². The number of hydrogen-bond donors (Lipinski definition) is 0. The molecular weight excluding hydrogens is 1660 g/mol. The van der Waals surface area contributed by atoms with E-state index in [9.17, 15) is 71.5 Å². The third-order valence-electron chi connectivity index (χ3n) is 17.3. The largest absolute Gasteiger partial charge is 0.743 e. The molecule has 1 saturated heterocycles. The zero-order valence-corrected chi connectivity index (χ0v) is 72.9. The third-order valence-corrected chi connectivity index (χ3v) is 25.9. The maximum absolute atomic E-state index is 13.0. The van der Waals surface area contributed by atoms with Crippen molar-refractivity contribution in [3.8, 4) is 17.2 Å². The summed E-state index contributed by atoms with van der Waals surface area (Å²) in [6, 6.07) is 87.1. The van der Waals surface area contributed by atoms with Crippen LogP contribution >= 0.6 is 0 Å². The van der Waals surface area contributed by atoms with Gasteiger partial charge < -0.3 is 51.7 Å². The smallest absolute Gasteiger partial charge is 0.514 e. The van der Waals surface area contributed by atoms with Gasteiger partial charge in [-0.05, 0) is 241 Å². The van der Waals surface area contributed by atoms with Crippen LogP contribution in [0.4, 0.5) is 35.9 Å². The molecule has 1 aliphatic rings. The molecule has 10 rings (SSSR count). The van der Waals surface area contributed by atoms with E-state index in [0.717, 1.165) is 30.1 Å². The molecule has 0 aromatic heterocycles. The zero-order valence-electron chi connectivity index (χ0n) is 68.8. The van der Waals surface area contributed by atoms with Crippen LogP contribution in [-0.4, -0.2) is 117 Å². The summed E-state index contributed by atoms with van der Waals surface area (Å²) in [5.41, 5.74) is -2.87. The first kappa shape index (κ1) is 99.3. The Morgan fingerprint density at radius 3 is 0.967 bits per heavy atom. The van der Waals surface area contributed by atoms with Gasteiger partial charge in [-0.3, -0.25) is 9.59 Å². The topological polar surface area (TPSA) is 266 Å². The van der Waals surface area contributed by atoms with Crippen molar-refractivity contribution in [3.05, 3.63) is 255 Å². The van der Waals surface area contributed by atoms with E-state index < -0.39 is 115 Å². The molecule has 1 fully saturated rings. The van der Waals surface area contributed by atoms with E-state index in [-0.39, 0.29) is 45.8 Å². The first-order chi connectivity index (χ1) is 56.5. The van der Waals surface area contributed by atoms with Crippen LogP contribution in [0.1, 0.15) is 128 Å². The number of halogens is 6. The molecule has 1 aliphatic heterocycles. The molecule has 0 radical (unpaired) electrons. The summed E-state index contributed by atoms with van der Waals surface area (Å²) in [7, 11) is -12.7. The molecule has 0 saturated carbocycles. The summed E-state index contributed by atoms with van der Waals surface area (Å²) >= 11 is 0. The van der Waals surface area contributed by atoms with Crippen molar-refractivity contribution in [1.29, 1.82) is 0 Å². The summed E-state index contributed by atoms with van der Waals surface area (Å²) in [5, 5.41) is -10.1. The Balaban J connectivity index is 0.000000235. The number of alkyl halides is 6. The lowest BCUT2D eigenvalue weighted by Gasteiger charge is -2.24. The van der Waals surface area contributed by atoms with Crippen LogP contribution in [0.2, 0.25) is 0 Å². The van der Waals surface area contributed by atoms with Gasteiger partial charge in [-0.15, -0.1) is 0 Å². The van der Waals surface area contributed by atoms with E-state index in [1.54, 1.807) is 62.3 Å². The molecule has 0 N–H and O–H groups in total. The lowest BCUT2D eigenvalue weighted by molar-refractivity contribution is -0.156. The van der Waals surface area contributed by atoms with Gasteiger partial charge >= 0.3 is 34.8 Å². The molecule has 0 amide bonds. The number of hydrogen-bond acceptors (Lipinski definition) is 19. The van der Waals surface area contributed by atoms with Crippen molar-refractivity contribution >= 4 is 77.2 Å². The highest BCUT2D eigenvalue weighted by molar-refractivity contribution is 7.97. The SMILES string of the molecule is CC(C)(C)OC(=O)OCOc1ccc([S+](c2ccccc2)c2ccccc2)cc1.CC(C)(C)OC(=O)Oc1ccc([S+](c2ccccc2)c2ccccc2)cc1.CCC(C)(C)C(=O)OCCC(F)C(F)(F)S(=O)(=O)[O-].CCC(C)(C)C(=O)OCCC(F)C(F)(F)S(=O)(=O)[O-].c1ccc([S+](c2ccccc2)c2ccc(OC3CCCCO3)cc2)cc1. The van der Waals surface area contributed by atoms with Crippen LogP contribution in [0.3, 0.4) is 0 Å². The van der Waals surface area contributed by atoms with E-state index in [1.165, 1.54) is 45.6 Å². The average Bonchev–Trinajstić information content (AvgIpc) is 0.827. The van der Waals surface area contributed by atoms with Gasteiger partial charge in [0.25, 0.3) is 0 Å². The number of rotatable bonds is 29. The first-order valence-electron chi connectivity index (χ1n) is 38.3. The monoisotopic (exact) mass is 1760 g/mol. The number of carbonyl (C=O) groups excluding carboxylic acids is 4. The second kappa shape index (κ2) is 46.5. The predicted octanol–water partition coefficient (Wildman–Crippen LogP) is 21.5. The van der Waals surface area contributed by atoms with Crippen molar-refractivity contribution in [2.45, 2.75) is 212 Å². The summed E-state index contributed by atoms with van der Waals surface area (Å²) in [6.07, 6.45) is -5.98. The van der Waals surface area contributed by atoms with Crippen molar-refractivity contribution in [2.24, 2.45) is 10.8 Å². The number of ether oxygens (including phenoxy) is 9. The standard InChI is InChI=1S/C24H25O4S.C23H23O3S.C23H23O2S.2C10H17F3O5S/c1-24(2,3)28-23(25)27-18-26-19-14-16-22(17-15-19)29(20-10-6-4-7-11-20)21-12-8-5-9-13-21;1-23(2,3)26-22(24)25-18-14-16-21(17-15-18)27(19-10-6-4-7-11-19)20-12-8-5-9-13-20;1-3-9-20(10-4-1)26(21-11-5-2-6-12-21)22-16-14-19(15-17-22)25-23-13-7-8-18-24-23;2*1-4-9(2,3)8(14)18-6-5-7(11)10(12,13)19(15,16)17/h4-17H,18H2,1-3H3;4-17H,1-3H3;1-6,9-12,14-17,23H,7-8,13,18H2;2*7H,4-6H2,1-3H3,(H,15,16,17)/q3*+1;;/p-2. The van der Waals surface area contributed by atoms with Crippen molar-refractivity contribution in [1.82, 2.24) is 0 Å². The van der Waals surface area contributed by atoms with Crippen LogP contribution in [0.5, 0.6) is 17.2 Å². The summed E-state index contributed by atoms with van der Waals surface area (Å²) < 4.78 is 185. The summed E-state index contributed by atoms with van der Waals surface area (Å²) in [4.78, 5) is 57.5. The Kier molecular flexibility index (Phi) is 38.5.